The third-order valence-electron chi connectivity index (χ3n) is 2.82. The van der Waals surface area contributed by atoms with Crippen LogP contribution < -0.4 is 10.9 Å². The third-order valence-corrected chi connectivity index (χ3v) is 3.69. The fourth-order valence-corrected chi connectivity index (χ4v) is 2.29. The van der Waals surface area contributed by atoms with Crippen LogP contribution in [0.5, 0.6) is 0 Å². The average molecular weight is 307 g/mol. The monoisotopic (exact) mass is 307 g/mol. The second-order valence-corrected chi connectivity index (χ2v) is 5.39. The third kappa shape index (κ3) is 4.16. The molecule has 0 aliphatic carbocycles. The highest BCUT2D eigenvalue weighted by Crippen LogP contribution is 2.14. The molecular weight excluding hydrogens is 293 g/mol. The summed E-state index contributed by atoms with van der Waals surface area (Å²) in [5.41, 5.74) is 1.37. The topological polar surface area (TPSA) is 74.8 Å². The Morgan fingerprint density at radius 1 is 1.43 bits per heavy atom. The molecule has 0 bridgehead atoms. The molecule has 1 aromatic heterocycles. The standard InChI is InChI=1S/C14H14FN3O2S/c1-8-9(2)16-14(18-13(8)20)21-7-12(19)17-11-5-3-4-10(15)6-11/h3-6H,7H2,1-2H3,(H,17,19)(H,16,18,20). The van der Waals surface area contributed by atoms with Crippen molar-refractivity contribution in [2.24, 2.45) is 0 Å². The maximum Gasteiger partial charge on any atom is 0.254 e. The van der Waals surface area contributed by atoms with Crippen molar-refractivity contribution in [2.75, 3.05) is 11.1 Å². The molecule has 0 atom stereocenters. The second-order valence-electron chi connectivity index (χ2n) is 4.43. The maximum absolute atomic E-state index is 13.0. The molecule has 0 saturated heterocycles. The zero-order valence-corrected chi connectivity index (χ0v) is 12.4. The van der Waals surface area contributed by atoms with Gasteiger partial charge in [0.2, 0.25) is 5.91 Å². The molecule has 0 fully saturated rings. The number of rotatable bonds is 4. The first-order valence-electron chi connectivity index (χ1n) is 6.21. The lowest BCUT2D eigenvalue weighted by molar-refractivity contribution is -0.113. The zero-order valence-electron chi connectivity index (χ0n) is 11.6. The molecule has 0 radical (unpaired) electrons. The smallest absolute Gasteiger partial charge is 0.254 e. The minimum atomic E-state index is -0.416. The minimum absolute atomic E-state index is 0.0714. The van der Waals surface area contributed by atoms with Gasteiger partial charge in [0, 0.05) is 16.9 Å². The molecule has 5 nitrogen and oxygen atoms in total. The van der Waals surface area contributed by atoms with Crippen molar-refractivity contribution in [1.82, 2.24) is 9.97 Å². The van der Waals surface area contributed by atoms with Crippen LogP contribution in [0.2, 0.25) is 0 Å². The van der Waals surface area contributed by atoms with Gasteiger partial charge in [0.1, 0.15) is 5.82 Å². The Balaban J connectivity index is 1.97. The number of aromatic nitrogens is 2. The van der Waals surface area contributed by atoms with Gasteiger partial charge in [-0.3, -0.25) is 9.59 Å². The van der Waals surface area contributed by atoms with Crippen LogP contribution in [0.3, 0.4) is 0 Å². The van der Waals surface area contributed by atoms with Crippen molar-refractivity contribution in [3.63, 3.8) is 0 Å². The van der Waals surface area contributed by atoms with Crippen LogP contribution in [-0.4, -0.2) is 21.6 Å². The van der Waals surface area contributed by atoms with Crippen LogP contribution >= 0.6 is 11.8 Å². The van der Waals surface area contributed by atoms with Crippen LogP contribution in [0.1, 0.15) is 11.3 Å². The number of nitrogens with zero attached hydrogens (tertiary/aromatic N) is 1. The van der Waals surface area contributed by atoms with E-state index in [0.29, 0.717) is 22.1 Å². The molecule has 2 aromatic rings. The van der Waals surface area contributed by atoms with Crippen LogP contribution in [-0.2, 0) is 4.79 Å². The Kier molecular flexibility index (Phi) is 4.74. The summed E-state index contributed by atoms with van der Waals surface area (Å²) >= 11 is 1.12. The molecule has 0 aliphatic heterocycles. The Hall–Kier alpha value is -2.15. The first-order valence-corrected chi connectivity index (χ1v) is 7.20. The summed E-state index contributed by atoms with van der Waals surface area (Å²) in [6.45, 7) is 3.42. The Morgan fingerprint density at radius 2 is 2.19 bits per heavy atom. The van der Waals surface area contributed by atoms with E-state index < -0.39 is 5.82 Å². The highest BCUT2D eigenvalue weighted by Gasteiger charge is 2.08. The summed E-state index contributed by atoms with van der Waals surface area (Å²) < 4.78 is 13.0. The van der Waals surface area contributed by atoms with Crippen molar-refractivity contribution in [3.05, 3.63) is 51.7 Å². The molecular formula is C14H14FN3O2S. The van der Waals surface area contributed by atoms with Gasteiger partial charge in [-0.25, -0.2) is 9.37 Å². The summed E-state index contributed by atoms with van der Waals surface area (Å²) in [5.74, 6) is -0.644. The van der Waals surface area contributed by atoms with E-state index in [9.17, 15) is 14.0 Å². The molecule has 1 amide bonds. The zero-order chi connectivity index (χ0) is 15.4. The predicted octanol–water partition coefficient (Wildman–Crippen LogP) is 2.26. The van der Waals surface area contributed by atoms with E-state index in [0.717, 1.165) is 11.8 Å². The van der Waals surface area contributed by atoms with Crippen LogP contribution in [0, 0.1) is 19.7 Å². The van der Waals surface area contributed by atoms with Gasteiger partial charge in [0.25, 0.3) is 5.56 Å². The molecule has 0 saturated carbocycles. The number of thioether (sulfide) groups is 1. The number of carbonyl (C=O) groups excluding carboxylic acids is 1. The Labute approximate surface area is 125 Å². The summed E-state index contributed by atoms with van der Waals surface area (Å²) in [6.07, 6.45) is 0. The number of aromatic amines is 1. The van der Waals surface area contributed by atoms with Crippen molar-refractivity contribution >= 4 is 23.4 Å². The first kappa shape index (κ1) is 15.2. The van der Waals surface area contributed by atoms with Gasteiger partial charge in [-0.2, -0.15) is 0 Å². The summed E-state index contributed by atoms with van der Waals surface area (Å²) in [5, 5.41) is 2.96. The number of H-pyrrole nitrogens is 1. The number of benzene rings is 1. The van der Waals surface area contributed by atoms with E-state index in [2.05, 4.69) is 15.3 Å². The van der Waals surface area contributed by atoms with E-state index in [4.69, 9.17) is 0 Å². The van der Waals surface area contributed by atoms with Crippen molar-refractivity contribution < 1.29 is 9.18 Å². The molecule has 2 rings (SSSR count). The van der Waals surface area contributed by atoms with Gasteiger partial charge in [-0.15, -0.1) is 0 Å². The molecule has 2 N–H and O–H groups in total. The Bertz CT molecular complexity index is 730. The van der Waals surface area contributed by atoms with E-state index >= 15 is 0 Å². The maximum atomic E-state index is 13.0. The van der Waals surface area contributed by atoms with Crippen molar-refractivity contribution in [3.8, 4) is 0 Å². The number of nitrogens with one attached hydrogen (secondary N) is 2. The van der Waals surface area contributed by atoms with Crippen LogP contribution in [0.4, 0.5) is 10.1 Å². The highest BCUT2D eigenvalue weighted by atomic mass is 32.2. The lowest BCUT2D eigenvalue weighted by Crippen LogP contribution is -2.17. The average Bonchev–Trinajstić information content (AvgIpc) is 2.42. The lowest BCUT2D eigenvalue weighted by Gasteiger charge is -2.06. The van der Waals surface area contributed by atoms with Gasteiger partial charge in [-0.05, 0) is 32.0 Å². The van der Waals surface area contributed by atoms with Gasteiger partial charge in [-0.1, -0.05) is 17.8 Å². The van der Waals surface area contributed by atoms with Crippen LogP contribution in [0.15, 0.2) is 34.2 Å². The van der Waals surface area contributed by atoms with Crippen LogP contribution in [0.25, 0.3) is 0 Å². The van der Waals surface area contributed by atoms with Crippen molar-refractivity contribution in [2.45, 2.75) is 19.0 Å². The van der Waals surface area contributed by atoms with E-state index in [1.165, 1.54) is 18.2 Å². The fourth-order valence-electron chi connectivity index (χ4n) is 1.58. The molecule has 0 spiro atoms. The van der Waals surface area contributed by atoms with Gasteiger partial charge in [0.05, 0.1) is 5.75 Å². The highest BCUT2D eigenvalue weighted by molar-refractivity contribution is 7.99. The first-order chi connectivity index (χ1) is 9.95. The number of carbonyl (C=O) groups is 1. The van der Waals surface area contributed by atoms with Crippen molar-refractivity contribution in [1.29, 1.82) is 0 Å². The molecule has 0 unspecified atom stereocenters. The number of hydrogen-bond donors (Lipinski definition) is 2. The lowest BCUT2D eigenvalue weighted by atomic mass is 10.3. The quantitative estimate of drug-likeness (QED) is 0.671. The predicted molar refractivity (Wildman–Crippen MR) is 80.1 cm³/mol. The summed E-state index contributed by atoms with van der Waals surface area (Å²) in [6, 6.07) is 5.65. The van der Waals surface area contributed by atoms with Gasteiger partial charge >= 0.3 is 0 Å². The van der Waals surface area contributed by atoms with Gasteiger partial charge in [0.15, 0.2) is 5.16 Å². The molecule has 1 aromatic carbocycles. The number of anilines is 1. The molecule has 7 heteroatoms. The normalized spacial score (nSPS) is 10.4. The SMILES string of the molecule is Cc1nc(SCC(=O)Nc2cccc(F)c2)[nH]c(=O)c1C. The molecule has 110 valence electrons. The Morgan fingerprint density at radius 3 is 2.86 bits per heavy atom. The van der Waals surface area contributed by atoms with E-state index in [-0.39, 0.29) is 17.2 Å². The molecule has 21 heavy (non-hydrogen) atoms. The number of aryl methyl sites for hydroxylation is 1. The number of amides is 1. The summed E-state index contributed by atoms with van der Waals surface area (Å²) in [4.78, 5) is 30.1. The number of halogens is 1. The molecule has 1 heterocycles. The minimum Gasteiger partial charge on any atom is -0.325 e. The fraction of sp³-hybridized carbons (Fsp3) is 0.214. The van der Waals surface area contributed by atoms with E-state index in [1.54, 1.807) is 19.9 Å². The number of hydrogen-bond acceptors (Lipinski definition) is 4. The molecule has 0 aliphatic rings. The van der Waals surface area contributed by atoms with Gasteiger partial charge < -0.3 is 10.3 Å². The summed E-state index contributed by atoms with van der Waals surface area (Å²) in [7, 11) is 0. The van der Waals surface area contributed by atoms with E-state index in [1.807, 2.05) is 0 Å². The second kappa shape index (κ2) is 6.53. The largest absolute Gasteiger partial charge is 0.325 e.